The molecule has 1 aromatic heterocycles. The first-order chi connectivity index (χ1) is 8.63. The van der Waals surface area contributed by atoms with Gasteiger partial charge in [-0.05, 0) is 32.0 Å². The summed E-state index contributed by atoms with van der Waals surface area (Å²) >= 11 is 5.40. The van der Waals surface area contributed by atoms with Crippen molar-refractivity contribution in [1.82, 2.24) is 10.3 Å². The van der Waals surface area contributed by atoms with Crippen LogP contribution in [0.1, 0.15) is 34.1 Å². The molecule has 2 nitrogen and oxygen atoms in total. The fourth-order valence-corrected chi connectivity index (χ4v) is 3.40. The van der Waals surface area contributed by atoms with E-state index in [1.54, 1.807) is 11.3 Å². The summed E-state index contributed by atoms with van der Waals surface area (Å²) in [5.74, 6) is 0. The maximum Gasteiger partial charge on any atom is 0.115 e. The molecule has 0 aliphatic rings. The second kappa shape index (κ2) is 5.95. The van der Waals surface area contributed by atoms with E-state index in [9.17, 15) is 0 Å². The van der Waals surface area contributed by atoms with Gasteiger partial charge in [0.25, 0.3) is 0 Å². The SMILES string of the molecule is CCNC(c1nc(C)c(C)s1)c1ccccc1Br. The molecule has 96 valence electrons. The molecule has 0 radical (unpaired) electrons. The van der Waals surface area contributed by atoms with E-state index in [0.717, 1.165) is 21.7 Å². The highest BCUT2D eigenvalue weighted by Gasteiger charge is 2.19. The van der Waals surface area contributed by atoms with Crippen molar-refractivity contribution in [3.05, 3.63) is 49.9 Å². The number of halogens is 1. The topological polar surface area (TPSA) is 24.9 Å². The number of hydrogen-bond acceptors (Lipinski definition) is 3. The summed E-state index contributed by atoms with van der Waals surface area (Å²) in [6, 6.07) is 8.49. The zero-order chi connectivity index (χ0) is 13.1. The molecule has 1 N–H and O–H groups in total. The minimum Gasteiger partial charge on any atom is -0.305 e. The van der Waals surface area contributed by atoms with E-state index < -0.39 is 0 Å². The lowest BCUT2D eigenvalue weighted by atomic mass is 10.1. The molecule has 4 heteroatoms. The summed E-state index contributed by atoms with van der Waals surface area (Å²) in [6.07, 6.45) is 0. The van der Waals surface area contributed by atoms with Gasteiger partial charge in [0.05, 0.1) is 11.7 Å². The number of nitrogens with zero attached hydrogens (tertiary/aromatic N) is 1. The van der Waals surface area contributed by atoms with E-state index in [0.29, 0.717) is 0 Å². The number of aryl methyl sites for hydroxylation is 2. The van der Waals surface area contributed by atoms with Crippen molar-refractivity contribution in [3.63, 3.8) is 0 Å². The summed E-state index contributed by atoms with van der Waals surface area (Å²) in [7, 11) is 0. The molecule has 2 rings (SSSR count). The molecule has 0 spiro atoms. The van der Waals surface area contributed by atoms with Crippen molar-refractivity contribution in [1.29, 1.82) is 0 Å². The van der Waals surface area contributed by atoms with Crippen LogP contribution in [0.5, 0.6) is 0 Å². The van der Waals surface area contributed by atoms with E-state index in [1.165, 1.54) is 10.4 Å². The molecule has 0 saturated carbocycles. The molecule has 0 fully saturated rings. The first-order valence-corrected chi connectivity index (χ1v) is 7.66. The van der Waals surface area contributed by atoms with Gasteiger partial charge < -0.3 is 5.32 Å². The number of aromatic nitrogens is 1. The fraction of sp³-hybridized carbons (Fsp3) is 0.357. The van der Waals surface area contributed by atoms with Crippen molar-refractivity contribution >= 4 is 27.3 Å². The lowest BCUT2D eigenvalue weighted by Gasteiger charge is -2.17. The molecule has 0 aliphatic carbocycles. The first-order valence-electron chi connectivity index (χ1n) is 6.05. The molecular formula is C14H17BrN2S. The summed E-state index contributed by atoms with van der Waals surface area (Å²) in [4.78, 5) is 5.97. The number of hydrogen-bond donors (Lipinski definition) is 1. The monoisotopic (exact) mass is 324 g/mol. The summed E-state index contributed by atoms with van der Waals surface area (Å²) in [6.45, 7) is 7.23. The molecule has 18 heavy (non-hydrogen) atoms. The van der Waals surface area contributed by atoms with Crippen LogP contribution >= 0.6 is 27.3 Å². The molecule has 2 aromatic rings. The highest BCUT2D eigenvalue weighted by Crippen LogP contribution is 2.31. The Labute approximate surface area is 121 Å². The maximum atomic E-state index is 4.68. The quantitative estimate of drug-likeness (QED) is 0.910. The second-order valence-corrected chi connectivity index (χ2v) is 6.30. The number of nitrogens with one attached hydrogen (secondary N) is 1. The van der Waals surface area contributed by atoms with Gasteiger partial charge in [0, 0.05) is 9.35 Å². The number of benzene rings is 1. The van der Waals surface area contributed by atoms with Gasteiger partial charge in [0.15, 0.2) is 0 Å². The third kappa shape index (κ3) is 2.82. The van der Waals surface area contributed by atoms with E-state index >= 15 is 0 Å². The predicted octanol–water partition coefficient (Wildman–Crippen LogP) is 4.22. The van der Waals surface area contributed by atoms with Crippen molar-refractivity contribution < 1.29 is 0 Å². The van der Waals surface area contributed by atoms with Crippen molar-refractivity contribution in [2.45, 2.75) is 26.8 Å². The van der Waals surface area contributed by atoms with Crippen molar-refractivity contribution in [3.8, 4) is 0 Å². The number of thiazole rings is 1. The Morgan fingerprint density at radius 3 is 2.61 bits per heavy atom. The van der Waals surface area contributed by atoms with Crippen LogP contribution in [0.2, 0.25) is 0 Å². The van der Waals surface area contributed by atoms with Crippen LogP contribution in [0.25, 0.3) is 0 Å². The largest absolute Gasteiger partial charge is 0.305 e. The van der Waals surface area contributed by atoms with E-state index in [4.69, 9.17) is 0 Å². The Hall–Kier alpha value is -0.710. The van der Waals surface area contributed by atoms with Crippen LogP contribution in [0, 0.1) is 13.8 Å². The van der Waals surface area contributed by atoms with Gasteiger partial charge in [-0.1, -0.05) is 41.1 Å². The van der Waals surface area contributed by atoms with Crippen molar-refractivity contribution in [2.24, 2.45) is 0 Å². The lowest BCUT2D eigenvalue weighted by Crippen LogP contribution is -2.22. The summed E-state index contributed by atoms with van der Waals surface area (Å²) in [5, 5.41) is 4.65. The minimum absolute atomic E-state index is 0.169. The van der Waals surface area contributed by atoms with Crippen LogP contribution in [0.4, 0.5) is 0 Å². The van der Waals surface area contributed by atoms with Gasteiger partial charge in [0.1, 0.15) is 5.01 Å². The summed E-state index contributed by atoms with van der Waals surface area (Å²) in [5.41, 5.74) is 2.37. The molecule has 1 aromatic carbocycles. The normalized spacial score (nSPS) is 12.7. The zero-order valence-corrected chi connectivity index (χ0v) is 13.2. The predicted molar refractivity (Wildman–Crippen MR) is 81.2 cm³/mol. The molecule has 1 unspecified atom stereocenters. The third-order valence-electron chi connectivity index (χ3n) is 2.92. The Morgan fingerprint density at radius 1 is 1.33 bits per heavy atom. The molecule has 0 saturated heterocycles. The lowest BCUT2D eigenvalue weighted by molar-refractivity contribution is 0.624. The fourth-order valence-electron chi connectivity index (χ4n) is 1.86. The van der Waals surface area contributed by atoms with E-state index in [2.05, 4.69) is 65.2 Å². The highest BCUT2D eigenvalue weighted by molar-refractivity contribution is 9.10. The third-order valence-corrected chi connectivity index (χ3v) is 4.78. The minimum atomic E-state index is 0.169. The van der Waals surface area contributed by atoms with E-state index in [1.807, 2.05) is 6.07 Å². The van der Waals surface area contributed by atoms with Crippen LogP contribution in [0.15, 0.2) is 28.7 Å². The zero-order valence-electron chi connectivity index (χ0n) is 10.8. The van der Waals surface area contributed by atoms with Gasteiger partial charge in [-0.3, -0.25) is 0 Å². The van der Waals surface area contributed by atoms with Gasteiger partial charge in [-0.2, -0.15) is 0 Å². The molecule has 0 bridgehead atoms. The van der Waals surface area contributed by atoms with Gasteiger partial charge in [-0.15, -0.1) is 11.3 Å². The maximum absolute atomic E-state index is 4.68. The summed E-state index contributed by atoms with van der Waals surface area (Å²) < 4.78 is 1.13. The number of rotatable bonds is 4. The average molecular weight is 325 g/mol. The smallest absolute Gasteiger partial charge is 0.115 e. The Kier molecular flexibility index (Phi) is 4.54. The molecule has 0 amide bonds. The molecule has 0 aliphatic heterocycles. The molecule has 1 heterocycles. The Bertz CT molecular complexity index is 517. The molecular weight excluding hydrogens is 308 g/mol. The van der Waals surface area contributed by atoms with Gasteiger partial charge >= 0.3 is 0 Å². The van der Waals surface area contributed by atoms with Crippen LogP contribution in [0.3, 0.4) is 0 Å². The van der Waals surface area contributed by atoms with Crippen LogP contribution < -0.4 is 5.32 Å². The van der Waals surface area contributed by atoms with Gasteiger partial charge in [-0.25, -0.2) is 4.98 Å². The molecule has 1 atom stereocenters. The van der Waals surface area contributed by atoms with Crippen LogP contribution in [-0.4, -0.2) is 11.5 Å². The first kappa shape index (κ1) is 13.7. The Morgan fingerprint density at radius 2 is 2.06 bits per heavy atom. The van der Waals surface area contributed by atoms with Crippen molar-refractivity contribution in [2.75, 3.05) is 6.54 Å². The van der Waals surface area contributed by atoms with E-state index in [-0.39, 0.29) is 6.04 Å². The van der Waals surface area contributed by atoms with Crippen LogP contribution in [-0.2, 0) is 0 Å². The Balaban J connectivity index is 2.43. The average Bonchev–Trinajstić information content (AvgIpc) is 2.68. The standard InChI is InChI=1S/C14H17BrN2S/c1-4-16-13(11-7-5-6-8-12(11)15)14-17-9(2)10(3)18-14/h5-8,13,16H,4H2,1-3H3. The second-order valence-electron chi connectivity index (χ2n) is 4.21. The highest BCUT2D eigenvalue weighted by atomic mass is 79.9. The van der Waals surface area contributed by atoms with Gasteiger partial charge in [0.2, 0.25) is 0 Å².